The first kappa shape index (κ1) is 22.2. The van der Waals surface area contributed by atoms with Crippen molar-refractivity contribution in [3.8, 4) is 11.3 Å². The van der Waals surface area contributed by atoms with Gasteiger partial charge >= 0.3 is 6.03 Å². The number of carbonyl (C=O) groups excluding carboxylic acids is 1. The van der Waals surface area contributed by atoms with Crippen molar-refractivity contribution in [3.05, 3.63) is 70.9 Å². The van der Waals surface area contributed by atoms with Gasteiger partial charge in [0.25, 0.3) is 0 Å². The minimum absolute atomic E-state index is 0.0186. The number of urea groups is 1. The largest absolute Gasteiger partial charge is 0.334 e. The number of aromatic amines is 1. The predicted molar refractivity (Wildman–Crippen MR) is 131 cm³/mol. The molecule has 8 heteroatoms. The SMILES string of the molecule is Cc1cc(-c2n[nH]c3c2CN(C(=O)N[C@@H]2CC[C@@H]4CC[C@H]2N4Cc2ccccc2F)CC3)ccn1. The molecule has 182 valence electrons. The van der Waals surface area contributed by atoms with Gasteiger partial charge in [-0.1, -0.05) is 18.2 Å². The van der Waals surface area contributed by atoms with Gasteiger partial charge in [0, 0.05) is 71.9 Å². The lowest BCUT2D eigenvalue weighted by atomic mass is 9.96. The maximum absolute atomic E-state index is 14.3. The van der Waals surface area contributed by atoms with Crippen LogP contribution in [0.15, 0.2) is 42.6 Å². The predicted octanol–water partition coefficient (Wildman–Crippen LogP) is 4.18. The molecule has 0 aliphatic carbocycles. The molecule has 3 aliphatic rings. The minimum atomic E-state index is -0.150. The number of H-pyrrole nitrogens is 1. The number of hydrogen-bond acceptors (Lipinski definition) is 4. The summed E-state index contributed by atoms with van der Waals surface area (Å²) in [5.74, 6) is -0.150. The molecule has 2 bridgehead atoms. The van der Waals surface area contributed by atoms with E-state index in [9.17, 15) is 9.18 Å². The number of rotatable bonds is 4. The van der Waals surface area contributed by atoms with Crippen LogP contribution in [-0.4, -0.2) is 55.7 Å². The summed E-state index contributed by atoms with van der Waals surface area (Å²) >= 11 is 0. The van der Waals surface area contributed by atoms with Crippen molar-refractivity contribution in [2.45, 2.75) is 70.2 Å². The molecule has 2 amide bonds. The molecule has 0 saturated carbocycles. The van der Waals surface area contributed by atoms with E-state index in [1.807, 2.05) is 36.1 Å². The fourth-order valence-corrected chi connectivity index (χ4v) is 6.16. The number of piperidine rings is 1. The summed E-state index contributed by atoms with van der Waals surface area (Å²) in [4.78, 5) is 22.0. The molecule has 7 nitrogen and oxygen atoms in total. The average molecular weight is 475 g/mol. The number of amides is 2. The molecular weight excluding hydrogens is 443 g/mol. The Labute approximate surface area is 204 Å². The lowest BCUT2D eigenvalue weighted by Crippen LogP contribution is -2.56. The molecule has 0 spiro atoms. The first-order valence-corrected chi connectivity index (χ1v) is 12.6. The quantitative estimate of drug-likeness (QED) is 0.595. The number of aryl methyl sites for hydroxylation is 1. The van der Waals surface area contributed by atoms with Gasteiger partial charge in [-0.15, -0.1) is 0 Å². The zero-order valence-electron chi connectivity index (χ0n) is 20.0. The molecular formula is C27H31FN6O. The second kappa shape index (κ2) is 9.07. The van der Waals surface area contributed by atoms with Crippen molar-refractivity contribution in [2.24, 2.45) is 0 Å². The van der Waals surface area contributed by atoms with E-state index in [2.05, 4.69) is 25.4 Å². The van der Waals surface area contributed by atoms with E-state index in [0.29, 0.717) is 25.7 Å². The van der Waals surface area contributed by atoms with Gasteiger partial charge in [-0.25, -0.2) is 9.18 Å². The molecule has 6 rings (SSSR count). The van der Waals surface area contributed by atoms with Crippen molar-refractivity contribution in [1.29, 1.82) is 0 Å². The Morgan fingerprint density at radius 2 is 2.06 bits per heavy atom. The Kier molecular flexibility index (Phi) is 5.76. The number of benzene rings is 1. The second-order valence-corrected chi connectivity index (χ2v) is 10.1. The summed E-state index contributed by atoms with van der Waals surface area (Å²) in [6.07, 6.45) is 6.72. The highest BCUT2D eigenvalue weighted by Gasteiger charge is 2.43. The third-order valence-electron chi connectivity index (χ3n) is 7.98. The molecule has 3 atom stereocenters. The highest BCUT2D eigenvalue weighted by Crippen LogP contribution is 2.37. The Balaban J connectivity index is 1.15. The maximum atomic E-state index is 14.3. The maximum Gasteiger partial charge on any atom is 0.317 e. The van der Waals surface area contributed by atoms with Crippen LogP contribution in [0.25, 0.3) is 11.3 Å². The number of fused-ring (bicyclic) bond motifs is 3. The fourth-order valence-electron chi connectivity index (χ4n) is 6.16. The summed E-state index contributed by atoms with van der Waals surface area (Å²) in [7, 11) is 0. The first-order valence-electron chi connectivity index (χ1n) is 12.6. The van der Waals surface area contributed by atoms with Gasteiger partial charge in [0.1, 0.15) is 5.82 Å². The molecule has 0 unspecified atom stereocenters. The van der Waals surface area contributed by atoms with Crippen LogP contribution in [0.3, 0.4) is 0 Å². The second-order valence-electron chi connectivity index (χ2n) is 10.1. The van der Waals surface area contributed by atoms with Gasteiger partial charge in [-0.3, -0.25) is 15.0 Å². The lowest BCUT2D eigenvalue weighted by molar-refractivity contribution is 0.0974. The average Bonchev–Trinajstić information content (AvgIpc) is 3.40. The zero-order chi connectivity index (χ0) is 23.9. The van der Waals surface area contributed by atoms with Crippen LogP contribution in [0.1, 0.15) is 48.2 Å². The van der Waals surface area contributed by atoms with Crippen LogP contribution in [0.5, 0.6) is 0 Å². The molecule has 2 fully saturated rings. The molecule has 1 aromatic carbocycles. The van der Waals surface area contributed by atoms with Crippen LogP contribution in [0.4, 0.5) is 9.18 Å². The summed E-state index contributed by atoms with van der Waals surface area (Å²) in [5.41, 5.74) is 5.78. The van der Waals surface area contributed by atoms with E-state index in [0.717, 1.165) is 65.9 Å². The molecule has 5 heterocycles. The van der Waals surface area contributed by atoms with Crippen LogP contribution >= 0.6 is 0 Å². The topological polar surface area (TPSA) is 77.2 Å². The molecule has 3 aliphatic heterocycles. The highest BCUT2D eigenvalue weighted by atomic mass is 19.1. The molecule has 2 N–H and O–H groups in total. The van der Waals surface area contributed by atoms with E-state index in [1.54, 1.807) is 12.3 Å². The van der Waals surface area contributed by atoms with E-state index >= 15 is 0 Å². The molecule has 0 radical (unpaired) electrons. The fraction of sp³-hybridized carbons (Fsp3) is 0.444. The van der Waals surface area contributed by atoms with Crippen LogP contribution in [-0.2, 0) is 19.5 Å². The smallest absolute Gasteiger partial charge is 0.317 e. The summed E-state index contributed by atoms with van der Waals surface area (Å²) < 4.78 is 14.3. The monoisotopic (exact) mass is 474 g/mol. The summed E-state index contributed by atoms with van der Waals surface area (Å²) in [6.45, 7) is 3.77. The van der Waals surface area contributed by atoms with Gasteiger partial charge in [-0.05, 0) is 50.8 Å². The molecule has 35 heavy (non-hydrogen) atoms. The van der Waals surface area contributed by atoms with Crippen LogP contribution in [0.2, 0.25) is 0 Å². The summed E-state index contributed by atoms with van der Waals surface area (Å²) in [5, 5.41) is 11.1. The van der Waals surface area contributed by atoms with Crippen molar-refractivity contribution in [3.63, 3.8) is 0 Å². The van der Waals surface area contributed by atoms with E-state index in [1.165, 1.54) is 6.07 Å². The number of carbonyl (C=O) groups is 1. The molecule has 3 aromatic rings. The number of aromatic nitrogens is 3. The van der Waals surface area contributed by atoms with Crippen molar-refractivity contribution >= 4 is 6.03 Å². The zero-order valence-corrected chi connectivity index (χ0v) is 20.0. The van der Waals surface area contributed by atoms with Gasteiger partial charge in [0.05, 0.1) is 12.2 Å². The Morgan fingerprint density at radius 1 is 1.20 bits per heavy atom. The van der Waals surface area contributed by atoms with Crippen molar-refractivity contribution in [1.82, 2.24) is 30.3 Å². The highest BCUT2D eigenvalue weighted by molar-refractivity contribution is 5.76. The number of halogens is 1. The summed E-state index contributed by atoms with van der Waals surface area (Å²) in [6, 6.07) is 11.8. The van der Waals surface area contributed by atoms with Gasteiger partial charge in [-0.2, -0.15) is 5.10 Å². The van der Waals surface area contributed by atoms with Gasteiger partial charge in [0.15, 0.2) is 0 Å². The lowest BCUT2D eigenvalue weighted by Gasteiger charge is -2.41. The molecule has 2 saturated heterocycles. The van der Waals surface area contributed by atoms with E-state index < -0.39 is 0 Å². The van der Waals surface area contributed by atoms with Gasteiger partial charge < -0.3 is 10.2 Å². The Hall–Kier alpha value is -3.26. The molecule has 2 aromatic heterocycles. The van der Waals surface area contributed by atoms with Gasteiger partial charge in [0.2, 0.25) is 0 Å². The van der Waals surface area contributed by atoms with Crippen molar-refractivity contribution in [2.75, 3.05) is 6.54 Å². The minimum Gasteiger partial charge on any atom is -0.334 e. The van der Waals surface area contributed by atoms with Crippen molar-refractivity contribution < 1.29 is 9.18 Å². The van der Waals surface area contributed by atoms with Crippen LogP contribution < -0.4 is 5.32 Å². The Morgan fingerprint density at radius 3 is 2.91 bits per heavy atom. The van der Waals surface area contributed by atoms with E-state index in [-0.39, 0.29) is 23.9 Å². The van der Waals surface area contributed by atoms with E-state index in [4.69, 9.17) is 0 Å². The van der Waals surface area contributed by atoms with Crippen LogP contribution in [0, 0.1) is 12.7 Å². The first-order chi connectivity index (χ1) is 17.1. The third-order valence-corrected chi connectivity index (χ3v) is 7.98. The Bertz CT molecular complexity index is 1240. The number of nitrogens with one attached hydrogen (secondary N) is 2. The number of nitrogens with zero attached hydrogens (tertiary/aromatic N) is 4. The number of hydrogen-bond donors (Lipinski definition) is 2. The third kappa shape index (κ3) is 4.20. The normalized spacial score (nSPS) is 23.8. The standard InChI is InChI=1S/C27H31FN6O/c1-17-14-18(10-12-29-17)26-21-16-33(13-11-23(21)31-32-26)27(35)30-24-8-6-20-7-9-25(24)34(20)15-19-4-2-3-5-22(19)28/h2-5,10,12,14,20,24-25H,6-9,11,13,15-16H2,1H3,(H,30,35)(H,31,32)/t20-,24-,25-/m1/s1. The number of pyridine rings is 1.